The van der Waals surface area contributed by atoms with Gasteiger partial charge in [-0.15, -0.1) is 11.3 Å². The van der Waals surface area contributed by atoms with Crippen molar-refractivity contribution in [3.05, 3.63) is 108 Å². The number of nitrogens with zero attached hydrogens (tertiary/aromatic N) is 1. The minimum absolute atomic E-state index is 0.110. The van der Waals surface area contributed by atoms with Gasteiger partial charge in [0.2, 0.25) is 0 Å². The van der Waals surface area contributed by atoms with Crippen LogP contribution in [0.1, 0.15) is 59.1 Å². The highest BCUT2D eigenvalue weighted by Crippen LogP contribution is 2.45. The first-order chi connectivity index (χ1) is 19.6. The molecule has 4 aromatic rings. The number of nitrogens with one attached hydrogen (secondary N) is 1. The van der Waals surface area contributed by atoms with Gasteiger partial charge in [-0.1, -0.05) is 68.2 Å². The van der Waals surface area contributed by atoms with Crippen LogP contribution in [-0.4, -0.2) is 12.1 Å². The fraction of sp³-hybridized carbons (Fsp3) is 0.273. The SMILES string of the molecule is CC(C)(C)[C@H]1CCc2c(sc(N=Cc3ccc(OCc4ccc(Cl)cc4Cl)c(Br)c3)c2C(=O)Nc2ccccc2)C1. The molecule has 4 nitrogen and oxygen atoms in total. The molecule has 41 heavy (non-hydrogen) atoms. The summed E-state index contributed by atoms with van der Waals surface area (Å²) in [5.74, 6) is 1.15. The van der Waals surface area contributed by atoms with E-state index in [0.717, 1.165) is 51.1 Å². The van der Waals surface area contributed by atoms with Gasteiger partial charge in [-0.3, -0.25) is 4.79 Å². The van der Waals surface area contributed by atoms with Gasteiger partial charge in [0.25, 0.3) is 5.91 Å². The number of rotatable bonds is 7. The Labute approximate surface area is 263 Å². The van der Waals surface area contributed by atoms with E-state index in [2.05, 4.69) is 42.0 Å². The number of ether oxygens (including phenoxy) is 1. The Morgan fingerprint density at radius 2 is 1.90 bits per heavy atom. The van der Waals surface area contributed by atoms with Crippen molar-refractivity contribution in [1.29, 1.82) is 0 Å². The summed E-state index contributed by atoms with van der Waals surface area (Å²) < 4.78 is 6.79. The van der Waals surface area contributed by atoms with Gasteiger partial charge in [0.1, 0.15) is 17.4 Å². The molecule has 3 aromatic carbocycles. The topological polar surface area (TPSA) is 50.7 Å². The van der Waals surface area contributed by atoms with Gasteiger partial charge in [0.05, 0.1) is 10.0 Å². The Kier molecular flexibility index (Phi) is 9.24. The second kappa shape index (κ2) is 12.7. The third-order valence-electron chi connectivity index (χ3n) is 7.42. The minimum Gasteiger partial charge on any atom is -0.488 e. The number of anilines is 1. The molecule has 8 heteroatoms. The minimum atomic E-state index is -0.110. The number of thiophene rings is 1. The summed E-state index contributed by atoms with van der Waals surface area (Å²) in [7, 11) is 0. The largest absolute Gasteiger partial charge is 0.488 e. The number of hydrogen-bond donors (Lipinski definition) is 1. The van der Waals surface area contributed by atoms with Crippen LogP contribution in [0.3, 0.4) is 0 Å². The van der Waals surface area contributed by atoms with Crippen LogP contribution in [0.4, 0.5) is 10.7 Å². The van der Waals surface area contributed by atoms with Crippen LogP contribution in [0.15, 0.2) is 76.2 Å². The fourth-order valence-corrected chi connectivity index (χ4v) is 7.24. The number of para-hydroxylation sites is 1. The standard InChI is InChI=1S/C33H31BrCl2N2O2S/c1-33(2,3)22-11-13-25-29(16-22)41-32(30(25)31(39)38-24-7-5-4-6-8-24)37-18-20-9-14-28(26(34)15-20)40-19-21-10-12-23(35)17-27(21)36/h4-10,12,14-15,17-18,22H,11,13,16,19H2,1-3H3,(H,38,39)/t22-/m0/s1. The van der Waals surface area contributed by atoms with E-state index in [1.165, 1.54) is 4.88 Å². The van der Waals surface area contributed by atoms with Crippen molar-refractivity contribution < 1.29 is 9.53 Å². The third-order valence-corrected chi connectivity index (χ3v) is 9.78. The molecule has 0 saturated heterocycles. The summed E-state index contributed by atoms with van der Waals surface area (Å²) in [4.78, 5) is 19.7. The van der Waals surface area contributed by atoms with Crippen LogP contribution in [0.5, 0.6) is 5.75 Å². The molecular formula is C33H31BrCl2N2O2S. The first-order valence-electron chi connectivity index (χ1n) is 13.5. The van der Waals surface area contributed by atoms with E-state index in [9.17, 15) is 4.79 Å². The zero-order valence-corrected chi connectivity index (χ0v) is 27.1. The maximum absolute atomic E-state index is 13.6. The highest BCUT2D eigenvalue weighted by atomic mass is 79.9. The quantitative estimate of drug-likeness (QED) is 0.199. The Morgan fingerprint density at radius 1 is 1.12 bits per heavy atom. The van der Waals surface area contributed by atoms with E-state index in [1.54, 1.807) is 23.5 Å². The predicted molar refractivity (Wildman–Crippen MR) is 176 cm³/mol. The molecule has 1 aliphatic rings. The number of carbonyl (C=O) groups is 1. The van der Waals surface area contributed by atoms with Crippen molar-refractivity contribution in [2.75, 3.05) is 5.32 Å². The Morgan fingerprint density at radius 3 is 2.61 bits per heavy atom. The number of aliphatic imine (C=N–C) groups is 1. The second-order valence-corrected chi connectivity index (χ2v) is 14.1. The van der Waals surface area contributed by atoms with Gasteiger partial charge in [0, 0.05) is 32.4 Å². The Hall–Kier alpha value is -2.64. The van der Waals surface area contributed by atoms with Crippen LogP contribution in [0, 0.1) is 11.3 Å². The van der Waals surface area contributed by atoms with Gasteiger partial charge < -0.3 is 10.1 Å². The lowest BCUT2D eigenvalue weighted by molar-refractivity contribution is 0.102. The first-order valence-corrected chi connectivity index (χ1v) is 15.9. The lowest BCUT2D eigenvalue weighted by Crippen LogP contribution is -2.27. The summed E-state index contributed by atoms with van der Waals surface area (Å²) in [5.41, 5.74) is 4.56. The van der Waals surface area contributed by atoms with Gasteiger partial charge >= 0.3 is 0 Å². The number of fused-ring (bicyclic) bond motifs is 1. The molecule has 1 N–H and O–H groups in total. The maximum atomic E-state index is 13.6. The molecule has 5 rings (SSSR count). The van der Waals surface area contributed by atoms with Gasteiger partial charge in [-0.05, 0) is 100 Å². The van der Waals surface area contributed by atoms with Crippen molar-refractivity contribution in [3.63, 3.8) is 0 Å². The molecule has 0 fully saturated rings. The third kappa shape index (κ3) is 7.23. The van der Waals surface area contributed by atoms with E-state index in [4.69, 9.17) is 32.9 Å². The molecule has 1 amide bonds. The van der Waals surface area contributed by atoms with Crippen LogP contribution in [-0.2, 0) is 19.4 Å². The number of hydrogen-bond acceptors (Lipinski definition) is 4. The molecule has 212 valence electrons. The predicted octanol–water partition coefficient (Wildman–Crippen LogP) is 10.6. The average Bonchev–Trinajstić information content (AvgIpc) is 3.30. The van der Waals surface area contributed by atoms with Gasteiger partial charge in [-0.25, -0.2) is 4.99 Å². The molecule has 1 atom stereocenters. The summed E-state index contributed by atoms with van der Waals surface area (Å²) >= 11 is 17.5. The molecule has 0 radical (unpaired) electrons. The highest BCUT2D eigenvalue weighted by molar-refractivity contribution is 9.10. The molecule has 1 heterocycles. The number of carbonyl (C=O) groups excluding carboxylic acids is 1. The Bertz CT molecular complexity index is 1600. The number of benzene rings is 3. The summed E-state index contributed by atoms with van der Waals surface area (Å²) in [6.45, 7) is 7.22. The number of amides is 1. The molecule has 0 spiro atoms. The van der Waals surface area contributed by atoms with Crippen molar-refractivity contribution in [3.8, 4) is 5.75 Å². The average molecular weight is 671 g/mol. The van der Waals surface area contributed by atoms with Crippen LogP contribution in [0.25, 0.3) is 0 Å². The molecule has 0 saturated carbocycles. The zero-order valence-electron chi connectivity index (χ0n) is 23.1. The normalized spacial score (nSPS) is 15.1. The van der Waals surface area contributed by atoms with E-state index in [0.29, 0.717) is 33.9 Å². The second-order valence-electron chi connectivity index (χ2n) is 11.3. The molecule has 0 bridgehead atoms. The zero-order chi connectivity index (χ0) is 29.1. The summed E-state index contributed by atoms with van der Waals surface area (Å²) in [6.07, 6.45) is 4.73. The Balaban J connectivity index is 1.38. The lowest BCUT2D eigenvalue weighted by atomic mass is 9.72. The van der Waals surface area contributed by atoms with Crippen molar-refractivity contribution in [2.45, 2.75) is 46.6 Å². The van der Waals surface area contributed by atoms with Crippen LogP contribution < -0.4 is 10.1 Å². The molecule has 0 aliphatic heterocycles. The van der Waals surface area contributed by atoms with Gasteiger partial charge in [0.15, 0.2) is 0 Å². The maximum Gasteiger partial charge on any atom is 0.259 e. The van der Waals surface area contributed by atoms with Crippen LogP contribution >= 0.6 is 50.5 Å². The highest BCUT2D eigenvalue weighted by Gasteiger charge is 2.33. The fourth-order valence-electron chi connectivity index (χ4n) is 4.99. The van der Waals surface area contributed by atoms with E-state index in [1.807, 2.05) is 60.8 Å². The van der Waals surface area contributed by atoms with E-state index in [-0.39, 0.29) is 11.3 Å². The molecule has 1 aliphatic carbocycles. The first kappa shape index (κ1) is 29.8. The van der Waals surface area contributed by atoms with E-state index >= 15 is 0 Å². The smallest absolute Gasteiger partial charge is 0.259 e. The lowest BCUT2D eigenvalue weighted by Gasteiger charge is -2.33. The summed E-state index contributed by atoms with van der Waals surface area (Å²) in [5, 5.41) is 4.98. The van der Waals surface area contributed by atoms with E-state index < -0.39 is 0 Å². The monoisotopic (exact) mass is 668 g/mol. The van der Waals surface area contributed by atoms with Crippen molar-refractivity contribution in [2.24, 2.45) is 16.3 Å². The van der Waals surface area contributed by atoms with Crippen molar-refractivity contribution in [1.82, 2.24) is 0 Å². The summed E-state index contributed by atoms with van der Waals surface area (Å²) in [6, 6.07) is 20.7. The van der Waals surface area contributed by atoms with Crippen molar-refractivity contribution >= 4 is 73.3 Å². The molecular weight excluding hydrogens is 639 g/mol. The van der Waals surface area contributed by atoms with Crippen LogP contribution in [0.2, 0.25) is 10.0 Å². The number of halogens is 3. The molecule has 1 aromatic heterocycles. The van der Waals surface area contributed by atoms with Gasteiger partial charge in [-0.2, -0.15) is 0 Å². The molecule has 0 unspecified atom stereocenters.